The van der Waals surface area contributed by atoms with Crippen LogP contribution in [0.2, 0.25) is 0 Å². The van der Waals surface area contributed by atoms with Gasteiger partial charge in [0.25, 0.3) is 5.89 Å². The minimum absolute atomic E-state index is 0.203. The Morgan fingerprint density at radius 3 is 2.46 bits per heavy atom. The van der Waals surface area contributed by atoms with Gasteiger partial charge in [0.2, 0.25) is 11.8 Å². The number of ether oxygens (including phenoxy) is 1. The molecule has 1 aromatic carbocycles. The van der Waals surface area contributed by atoms with E-state index >= 15 is 0 Å². The maximum absolute atomic E-state index is 12.7. The molecule has 0 aliphatic carbocycles. The third kappa shape index (κ3) is 4.12. The van der Waals surface area contributed by atoms with Crippen LogP contribution in [0.3, 0.4) is 0 Å². The number of aryl methyl sites for hydroxylation is 2. The van der Waals surface area contributed by atoms with Gasteiger partial charge >= 0.3 is 5.97 Å². The summed E-state index contributed by atoms with van der Waals surface area (Å²) in [7, 11) is 0. The van der Waals surface area contributed by atoms with Gasteiger partial charge in [-0.25, -0.2) is 4.79 Å². The van der Waals surface area contributed by atoms with E-state index in [-0.39, 0.29) is 11.8 Å². The molecular formula is C20H21N3O4S. The topological polar surface area (TPSA) is 94.3 Å². The molecule has 3 aromatic rings. The zero-order valence-electron chi connectivity index (χ0n) is 16.3. The number of nitrogens with zero attached hydrogens (tertiary/aromatic N) is 2. The lowest BCUT2D eigenvalue weighted by molar-refractivity contribution is -0.114. The highest BCUT2D eigenvalue weighted by Crippen LogP contribution is 2.34. The molecule has 2 aromatic heterocycles. The summed E-state index contributed by atoms with van der Waals surface area (Å²) in [6.07, 6.45) is -0.732. The van der Waals surface area contributed by atoms with E-state index in [1.54, 1.807) is 6.92 Å². The second-order valence-corrected chi connectivity index (χ2v) is 7.75. The molecule has 1 atom stereocenters. The number of anilines is 1. The average molecular weight is 399 g/mol. The van der Waals surface area contributed by atoms with Gasteiger partial charge in [-0.3, -0.25) is 4.79 Å². The van der Waals surface area contributed by atoms with E-state index in [9.17, 15) is 9.59 Å². The van der Waals surface area contributed by atoms with Gasteiger partial charge in [0.15, 0.2) is 6.10 Å². The maximum Gasteiger partial charge on any atom is 0.342 e. The Bertz CT molecular complexity index is 1020. The summed E-state index contributed by atoms with van der Waals surface area (Å²) in [6.45, 7) is 8.76. The number of esters is 1. The molecule has 0 unspecified atom stereocenters. The van der Waals surface area contributed by atoms with Crippen molar-refractivity contribution in [2.75, 3.05) is 5.32 Å². The summed E-state index contributed by atoms with van der Waals surface area (Å²) in [4.78, 5) is 25.1. The highest BCUT2D eigenvalue weighted by atomic mass is 32.1. The maximum atomic E-state index is 12.7. The molecule has 0 spiro atoms. The molecule has 0 saturated heterocycles. The zero-order chi connectivity index (χ0) is 20.4. The third-order valence-electron chi connectivity index (χ3n) is 4.25. The molecule has 0 saturated carbocycles. The fourth-order valence-electron chi connectivity index (χ4n) is 2.60. The molecule has 0 bridgehead atoms. The Kier molecular flexibility index (Phi) is 5.60. The van der Waals surface area contributed by atoms with Crippen LogP contribution >= 0.6 is 11.3 Å². The molecule has 0 aliphatic rings. The molecular weight excluding hydrogens is 378 g/mol. The first-order valence-corrected chi connectivity index (χ1v) is 9.57. The van der Waals surface area contributed by atoms with E-state index in [0.717, 1.165) is 21.6 Å². The third-order valence-corrected chi connectivity index (χ3v) is 5.37. The van der Waals surface area contributed by atoms with Crippen LogP contribution in [0.1, 0.15) is 52.2 Å². The lowest BCUT2D eigenvalue weighted by Gasteiger charge is -2.11. The van der Waals surface area contributed by atoms with Crippen molar-refractivity contribution in [2.24, 2.45) is 0 Å². The Morgan fingerprint density at radius 2 is 1.82 bits per heavy atom. The second kappa shape index (κ2) is 7.93. The van der Waals surface area contributed by atoms with Crippen LogP contribution in [0.15, 0.2) is 28.7 Å². The van der Waals surface area contributed by atoms with E-state index in [1.807, 2.05) is 45.0 Å². The summed E-state index contributed by atoms with van der Waals surface area (Å²) >= 11 is 1.34. The molecule has 0 fully saturated rings. The summed E-state index contributed by atoms with van der Waals surface area (Å²) in [5.74, 6) is -0.231. The van der Waals surface area contributed by atoms with Crippen molar-refractivity contribution in [2.45, 2.75) is 40.7 Å². The van der Waals surface area contributed by atoms with Gasteiger partial charge in [-0.1, -0.05) is 17.7 Å². The number of hydrogen-bond acceptors (Lipinski definition) is 7. The quantitative estimate of drug-likeness (QED) is 0.630. The van der Waals surface area contributed by atoms with E-state index in [1.165, 1.54) is 18.3 Å². The predicted molar refractivity (Wildman–Crippen MR) is 106 cm³/mol. The number of nitrogens with one attached hydrogen (secondary N) is 1. The SMILES string of the molecule is CC(=O)Nc1sc(C)c(C)c1C(=O)O[C@H](C)c1nnc(-c2ccc(C)cc2)o1. The number of benzene rings is 1. The molecule has 1 amide bonds. The number of aromatic nitrogens is 2. The highest BCUT2D eigenvalue weighted by Gasteiger charge is 2.25. The Hall–Kier alpha value is -3.00. The van der Waals surface area contributed by atoms with Gasteiger partial charge in [-0.15, -0.1) is 21.5 Å². The minimum Gasteiger partial charge on any atom is -0.449 e. The Morgan fingerprint density at radius 1 is 1.14 bits per heavy atom. The van der Waals surface area contributed by atoms with E-state index in [2.05, 4.69) is 15.5 Å². The van der Waals surface area contributed by atoms with Crippen LogP contribution in [-0.2, 0) is 9.53 Å². The molecule has 0 aliphatic heterocycles. The number of rotatable bonds is 5. The number of hydrogen-bond donors (Lipinski definition) is 1. The van der Waals surface area contributed by atoms with E-state index in [4.69, 9.17) is 9.15 Å². The second-order valence-electron chi connectivity index (χ2n) is 6.53. The molecule has 8 heteroatoms. The van der Waals surface area contributed by atoms with E-state index in [0.29, 0.717) is 16.5 Å². The van der Waals surface area contributed by atoms with Crippen molar-refractivity contribution in [3.63, 3.8) is 0 Å². The van der Waals surface area contributed by atoms with Crippen molar-refractivity contribution in [3.05, 3.63) is 51.7 Å². The van der Waals surface area contributed by atoms with Crippen molar-refractivity contribution >= 4 is 28.2 Å². The van der Waals surface area contributed by atoms with Gasteiger partial charge in [0.05, 0.1) is 5.56 Å². The fourth-order valence-corrected chi connectivity index (χ4v) is 3.70. The van der Waals surface area contributed by atoms with Gasteiger partial charge in [-0.05, 0) is 45.4 Å². The van der Waals surface area contributed by atoms with Crippen LogP contribution in [0.4, 0.5) is 5.00 Å². The first-order chi connectivity index (χ1) is 13.3. The average Bonchev–Trinajstić information content (AvgIpc) is 3.21. The lowest BCUT2D eigenvalue weighted by Crippen LogP contribution is -2.14. The van der Waals surface area contributed by atoms with E-state index < -0.39 is 12.1 Å². The van der Waals surface area contributed by atoms with Crippen LogP contribution in [0, 0.1) is 20.8 Å². The smallest absolute Gasteiger partial charge is 0.342 e. The number of amides is 1. The van der Waals surface area contributed by atoms with Gasteiger partial charge in [0.1, 0.15) is 5.00 Å². The number of carbonyl (C=O) groups is 2. The Balaban J connectivity index is 1.78. The van der Waals surface area contributed by atoms with Crippen LogP contribution in [0.25, 0.3) is 11.5 Å². The molecule has 146 valence electrons. The molecule has 2 heterocycles. The summed E-state index contributed by atoms with van der Waals surface area (Å²) in [5.41, 5.74) is 3.04. The van der Waals surface area contributed by atoms with Crippen molar-refractivity contribution in [3.8, 4) is 11.5 Å². The highest BCUT2D eigenvalue weighted by molar-refractivity contribution is 7.16. The van der Waals surface area contributed by atoms with Gasteiger partial charge < -0.3 is 14.5 Å². The van der Waals surface area contributed by atoms with Crippen LogP contribution in [-0.4, -0.2) is 22.1 Å². The first kappa shape index (κ1) is 19.8. The normalized spacial score (nSPS) is 11.9. The van der Waals surface area contributed by atoms with Crippen LogP contribution < -0.4 is 5.32 Å². The van der Waals surface area contributed by atoms with Crippen molar-refractivity contribution in [1.29, 1.82) is 0 Å². The fraction of sp³-hybridized carbons (Fsp3) is 0.300. The lowest BCUT2D eigenvalue weighted by atomic mass is 10.1. The van der Waals surface area contributed by atoms with Gasteiger partial charge in [-0.2, -0.15) is 0 Å². The summed E-state index contributed by atoms with van der Waals surface area (Å²) < 4.78 is 11.2. The van der Waals surface area contributed by atoms with Gasteiger partial charge in [0, 0.05) is 17.4 Å². The molecule has 3 rings (SSSR count). The number of thiophene rings is 1. The zero-order valence-corrected chi connectivity index (χ0v) is 17.1. The number of carbonyl (C=O) groups excluding carboxylic acids is 2. The monoisotopic (exact) mass is 399 g/mol. The predicted octanol–water partition coefficient (Wildman–Crippen LogP) is 4.60. The van der Waals surface area contributed by atoms with Crippen molar-refractivity contribution < 1.29 is 18.7 Å². The summed E-state index contributed by atoms with van der Waals surface area (Å²) in [5, 5.41) is 11.2. The molecule has 0 radical (unpaired) electrons. The molecule has 28 heavy (non-hydrogen) atoms. The van der Waals surface area contributed by atoms with Crippen LogP contribution in [0.5, 0.6) is 0 Å². The summed E-state index contributed by atoms with van der Waals surface area (Å²) in [6, 6.07) is 7.68. The molecule has 7 nitrogen and oxygen atoms in total. The Labute approximate surface area is 166 Å². The first-order valence-electron chi connectivity index (χ1n) is 8.75. The standard InChI is InChI=1S/C20H21N3O4S/c1-10-6-8-15(9-7-10)18-23-22-17(27-18)12(3)26-20(25)16-11(2)13(4)28-19(16)21-14(5)24/h6-9,12H,1-5H3,(H,21,24)/t12-/m1/s1. The minimum atomic E-state index is -0.732. The molecule has 1 N–H and O–H groups in total. The largest absolute Gasteiger partial charge is 0.449 e. The van der Waals surface area contributed by atoms with Crippen molar-refractivity contribution in [1.82, 2.24) is 10.2 Å².